The minimum absolute atomic E-state index is 0.552. The number of anilines is 1. The van der Waals surface area contributed by atoms with Crippen LogP contribution in [0.1, 0.15) is 5.56 Å². The van der Waals surface area contributed by atoms with Crippen LogP contribution in [0, 0.1) is 11.8 Å². The lowest BCUT2D eigenvalue weighted by Crippen LogP contribution is -1.82. The number of hydrogen-bond acceptors (Lipinski definition) is 4. The highest BCUT2D eigenvalue weighted by molar-refractivity contribution is 7.80. The van der Waals surface area contributed by atoms with Crippen LogP contribution in [0.5, 0.6) is 0 Å². The lowest BCUT2D eigenvalue weighted by molar-refractivity contribution is 1.48. The van der Waals surface area contributed by atoms with E-state index in [1.54, 1.807) is 0 Å². The lowest BCUT2D eigenvalue weighted by Gasteiger charge is -1.90. The van der Waals surface area contributed by atoms with Gasteiger partial charge >= 0.3 is 0 Å². The van der Waals surface area contributed by atoms with Gasteiger partial charge < -0.3 is 5.73 Å². The minimum atomic E-state index is 0.552. The largest absolute Gasteiger partial charge is 0.375 e. The van der Waals surface area contributed by atoms with Gasteiger partial charge in [0.1, 0.15) is 0 Å². The molecular formula is C10H8N2S2. The van der Waals surface area contributed by atoms with E-state index in [1.165, 1.54) is 11.3 Å². The molecule has 0 aliphatic carbocycles. The van der Waals surface area contributed by atoms with E-state index in [4.69, 9.17) is 5.73 Å². The highest BCUT2D eigenvalue weighted by Crippen LogP contribution is 2.25. The van der Waals surface area contributed by atoms with Crippen LogP contribution in [-0.4, -0.2) is 10.7 Å². The summed E-state index contributed by atoms with van der Waals surface area (Å²) in [5.41, 5.74) is 7.45. The predicted molar refractivity (Wildman–Crippen MR) is 64.8 cm³/mol. The van der Waals surface area contributed by atoms with Crippen molar-refractivity contribution in [2.75, 3.05) is 11.5 Å². The van der Waals surface area contributed by atoms with Crippen LogP contribution in [0.4, 0.5) is 5.13 Å². The van der Waals surface area contributed by atoms with Gasteiger partial charge in [0.2, 0.25) is 0 Å². The third kappa shape index (κ3) is 1.69. The molecule has 0 aliphatic heterocycles. The molecule has 0 fully saturated rings. The second-order valence-electron chi connectivity index (χ2n) is 2.66. The first-order valence-electron chi connectivity index (χ1n) is 4.06. The second kappa shape index (κ2) is 3.91. The van der Waals surface area contributed by atoms with Crippen LogP contribution in [0.2, 0.25) is 0 Å². The molecule has 0 radical (unpaired) electrons. The maximum absolute atomic E-state index is 5.63. The van der Waals surface area contributed by atoms with Gasteiger partial charge in [-0.1, -0.05) is 29.2 Å². The molecule has 4 heteroatoms. The van der Waals surface area contributed by atoms with Gasteiger partial charge in [0.05, 0.1) is 21.5 Å². The number of rotatable bonds is 0. The third-order valence-corrected chi connectivity index (χ3v) is 2.75. The van der Waals surface area contributed by atoms with Crippen LogP contribution >= 0.6 is 24.0 Å². The van der Waals surface area contributed by atoms with Gasteiger partial charge in [0.25, 0.3) is 0 Å². The molecule has 2 N–H and O–H groups in total. The molecule has 0 unspecified atom stereocenters. The lowest BCUT2D eigenvalue weighted by atomic mass is 10.2. The predicted octanol–water partition coefficient (Wildman–Crippen LogP) is 2.16. The van der Waals surface area contributed by atoms with E-state index in [0.717, 1.165) is 15.8 Å². The Bertz CT molecular complexity index is 520. The van der Waals surface area contributed by atoms with E-state index in [0.29, 0.717) is 10.9 Å². The third-order valence-electron chi connectivity index (χ3n) is 1.74. The van der Waals surface area contributed by atoms with Gasteiger partial charge in [-0.25, -0.2) is 4.98 Å². The highest BCUT2D eigenvalue weighted by atomic mass is 32.1. The van der Waals surface area contributed by atoms with Crippen LogP contribution in [0.15, 0.2) is 18.2 Å². The summed E-state index contributed by atoms with van der Waals surface area (Å²) in [6.45, 7) is 0. The van der Waals surface area contributed by atoms with Crippen molar-refractivity contribution in [2.45, 2.75) is 0 Å². The summed E-state index contributed by atoms with van der Waals surface area (Å²) >= 11 is 5.51. The molecule has 0 atom stereocenters. The van der Waals surface area contributed by atoms with Crippen LogP contribution in [0.3, 0.4) is 0 Å². The number of hydrogen-bond donors (Lipinski definition) is 2. The van der Waals surface area contributed by atoms with Crippen molar-refractivity contribution in [1.29, 1.82) is 0 Å². The summed E-state index contributed by atoms with van der Waals surface area (Å²) in [5.74, 6) is 6.47. The van der Waals surface area contributed by atoms with Crippen molar-refractivity contribution >= 4 is 39.3 Å². The molecule has 1 aromatic heterocycles. The molecule has 0 saturated carbocycles. The Hall–Kier alpha value is -1.18. The smallest absolute Gasteiger partial charge is 0.181 e. The van der Waals surface area contributed by atoms with E-state index in [9.17, 15) is 0 Å². The van der Waals surface area contributed by atoms with Gasteiger partial charge in [-0.3, -0.25) is 0 Å². The first kappa shape index (κ1) is 9.38. The van der Waals surface area contributed by atoms with Crippen molar-refractivity contribution in [1.82, 2.24) is 4.98 Å². The molecule has 2 nitrogen and oxygen atoms in total. The Morgan fingerprint density at radius 1 is 1.50 bits per heavy atom. The SMILES string of the molecule is Nc1nc2c(C#CCS)cccc2s1. The van der Waals surface area contributed by atoms with Crippen LogP contribution in [-0.2, 0) is 0 Å². The first-order valence-corrected chi connectivity index (χ1v) is 5.51. The normalized spacial score (nSPS) is 9.79. The van der Waals surface area contributed by atoms with Gasteiger partial charge in [0, 0.05) is 0 Å². The summed E-state index contributed by atoms with van der Waals surface area (Å²) in [4.78, 5) is 4.23. The Kier molecular flexibility index (Phi) is 2.62. The molecule has 0 aliphatic rings. The highest BCUT2D eigenvalue weighted by Gasteiger charge is 2.03. The molecule has 0 saturated heterocycles. The Balaban J connectivity index is 2.64. The number of thiazole rings is 1. The van der Waals surface area contributed by atoms with Gasteiger partial charge in [0.15, 0.2) is 5.13 Å². The van der Waals surface area contributed by atoms with Crippen LogP contribution < -0.4 is 5.73 Å². The molecule has 1 heterocycles. The average molecular weight is 220 g/mol. The van der Waals surface area contributed by atoms with Crippen molar-refractivity contribution in [3.63, 3.8) is 0 Å². The number of para-hydroxylation sites is 1. The number of thiol groups is 1. The molecule has 2 rings (SSSR count). The van der Waals surface area contributed by atoms with Crippen molar-refractivity contribution in [3.05, 3.63) is 23.8 Å². The minimum Gasteiger partial charge on any atom is -0.375 e. The Morgan fingerprint density at radius 3 is 3.14 bits per heavy atom. The average Bonchev–Trinajstić information content (AvgIpc) is 2.55. The summed E-state index contributed by atoms with van der Waals surface area (Å²) in [5, 5.41) is 0.583. The fourth-order valence-corrected chi connectivity index (χ4v) is 2.04. The number of fused-ring (bicyclic) bond motifs is 1. The Morgan fingerprint density at radius 2 is 2.36 bits per heavy atom. The quantitative estimate of drug-likeness (QED) is 0.527. The van der Waals surface area contributed by atoms with Crippen molar-refractivity contribution in [2.24, 2.45) is 0 Å². The van der Waals surface area contributed by atoms with E-state index < -0.39 is 0 Å². The summed E-state index contributed by atoms with van der Waals surface area (Å²) in [6, 6.07) is 5.90. The Labute approximate surface area is 91.6 Å². The number of nitrogen functional groups attached to an aromatic ring is 1. The van der Waals surface area contributed by atoms with Gasteiger partial charge in [-0.15, -0.1) is 0 Å². The maximum Gasteiger partial charge on any atom is 0.181 e. The second-order valence-corrected chi connectivity index (χ2v) is 4.04. The molecular weight excluding hydrogens is 212 g/mol. The van der Waals surface area contributed by atoms with Crippen molar-refractivity contribution < 1.29 is 0 Å². The fourth-order valence-electron chi connectivity index (χ4n) is 1.20. The zero-order chi connectivity index (χ0) is 9.97. The fraction of sp³-hybridized carbons (Fsp3) is 0.100. The summed E-state index contributed by atoms with van der Waals surface area (Å²) in [6.07, 6.45) is 0. The molecule has 0 amide bonds. The van der Waals surface area contributed by atoms with Gasteiger partial charge in [-0.05, 0) is 12.1 Å². The number of aromatic nitrogens is 1. The zero-order valence-electron chi connectivity index (χ0n) is 7.32. The molecule has 14 heavy (non-hydrogen) atoms. The zero-order valence-corrected chi connectivity index (χ0v) is 9.03. The van der Waals surface area contributed by atoms with Crippen molar-refractivity contribution in [3.8, 4) is 11.8 Å². The first-order chi connectivity index (χ1) is 6.81. The topological polar surface area (TPSA) is 38.9 Å². The standard InChI is InChI=1S/C10H8N2S2/c11-10-12-9-7(4-2-6-13)3-1-5-8(9)14-10/h1,3,5,13H,6H2,(H2,11,12). The van der Waals surface area contributed by atoms with E-state index >= 15 is 0 Å². The van der Waals surface area contributed by atoms with E-state index in [-0.39, 0.29) is 0 Å². The molecule has 70 valence electrons. The maximum atomic E-state index is 5.63. The number of benzene rings is 1. The summed E-state index contributed by atoms with van der Waals surface area (Å²) < 4.78 is 1.08. The summed E-state index contributed by atoms with van der Waals surface area (Å²) in [7, 11) is 0. The number of nitrogens with two attached hydrogens (primary N) is 1. The molecule has 0 bridgehead atoms. The van der Waals surface area contributed by atoms with E-state index in [1.807, 2.05) is 18.2 Å². The van der Waals surface area contributed by atoms with E-state index in [2.05, 4.69) is 29.5 Å². The molecule has 1 aromatic carbocycles. The molecule has 2 aromatic rings. The monoisotopic (exact) mass is 220 g/mol. The van der Waals surface area contributed by atoms with Gasteiger partial charge in [-0.2, -0.15) is 12.6 Å². The van der Waals surface area contributed by atoms with Crippen LogP contribution in [0.25, 0.3) is 10.2 Å². The molecule has 0 spiro atoms. The number of nitrogens with zero attached hydrogens (tertiary/aromatic N) is 1.